The summed E-state index contributed by atoms with van der Waals surface area (Å²) in [6.07, 6.45) is 2.54. The molecule has 1 amide bonds. The third kappa shape index (κ3) is 3.65. The van der Waals surface area contributed by atoms with E-state index >= 15 is 0 Å². The molecule has 2 atom stereocenters. The van der Waals surface area contributed by atoms with Crippen molar-refractivity contribution < 1.29 is 28.6 Å². The van der Waals surface area contributed by atoms with Gasteiger partial charge in [-0.25, -0.2) is 9.59 Å². The van der Waals surface area contributed by atoms with Crippen molar-refractivity contribution in [3.63, 3.8) is 0 Å². The molecule has 0 bridgehead atoms. The monoisotopic (exact) mass is 341 g/mol. The Morgan fingerprint density at radius 1 is 1.12 bits per heavy atom. The minimum atomic E-state index is -0.799. The van der Waals surface area contributed by atoms with Crippen molar-refractivity contribution >= 4 is 18.0 Å². The van der Waals surface area contributed by atoms with Gasteiger partial charge in [0.2, 0.25) is 0 Å². The van der Waals surface area contributed by atoms with Crippen LogP contribution in [0.25, 0.3) is 0 Å². The molecule has 1 aliphatic carbocycles. The van der Waals surface area contributed by atoms with Crippen LogP contribution in [0.2, 0.25) is 0 Å². The molecule has 7 heteroatoms. The summed E-state index contributed by atoms with van der Waals surface area (Å²) in [4.78, 5) is 37.9. The zero-order valence-corrected chi connectivity index (χ0v) is 15.1. The van der Waals surface area contributed by atoms with E-state index in [9.17, 15) is 14.4 Å². The van der Waals surface area contributed by atoms with Gasteiger partial charge in [0.1, 0.15) is 11.6 Å². The third-order valence-corrected chi connectivity index (χ3v) is 4.67. The van der Waals surface area contributed by atoms with E-state index in [1.807, 2.05) is 0 Å². The molecule has 1 spiro atoms. The predicted octanol–water partition coefficient (Wildman–Crippen LogP) is 2.62. The summed E-state index contributed by atoms with van der Waals surface area (Å²) in [5.74, 6) is -0.993. The molecule has 2 fully saturated rings. The topological polar surface area (TPSA) is 82.1 Å². The number of hydrogen-bond donors (Lipinski definition) is 0. The van der Waals surface area contributed by atoms with Gasteiger partial charge in [-0.05, 0) is 40.0 Å². The van der Waals surface area contributed by atoms with Gasteiger partial charge in [0, 0.05) is 12.3 Å². The first-order valence-electron chi connectivity index (χ1n) is 8.36. The van der Waals surface area contributed by atoms with Crippen molar-refractivity contribution in [2.75, 3.05) is 7.11 Å². The zero-order valence-electron chi connectivity index (χ0n) is 15.1. The Hall–Kier alpha value is -1.79. The molecule has 0 radical (unpaired) electrons. The molecule has 0 aromatic heterocycles. The van der Waals surface area contributed by atoms with E-state index < -0.39 is 41.3 Å². The quantitative estimate of drug-likeness (QED) is 0.567. The molecular weight excluding hydrogens is 314 g/mol. The van der Waals surface area contributed by atoms with Crippen molar-refractivity contribution in [1.29, 1.82) is 0 Å². The lowest BCUT2D eigenvalue weighted by Crippen LogP contribution is -2.50. The van der Waals surface area contributed by atoms with Gasteiger partial charge in [0.15, 0.2) is 6.23 Å². The van der Waals surface area contributed by atoms with Gasteiger partial charge >= 0.3 is 18.0 Å². The van der Waals surface area contributed by atoms with Crippen LogP contribution in [0.1, 0.15) is 59.8 Å². The van der Waals surface area contributed by atoms with Crippen LogP contribution in [0.3, 0.4) is 0 Å². The molecule has 2 aliphatic rings. The number of ether oxygens (including phenoxy) is 3. The normalized spacial score (nSPS) is 25.6. The molecule has 1 unspecified atom stereocenters. The Kier molecular flexibility index (Phi) is 5.11. The third-order valence-electron chi connectivity index (χ3n) is 4.67. The van der Waals surface area contributed by atoms with Crippen LogP contribution in [-0.4, -0.2) is 47.9 Å². The fraction of sp³-hybridized carbons (Fsp3) is 0.824. The zero-order chi connectivity index (χ0) is 18.1. The van der Waals surface area contributed by atoms with Gasteiger partial charge in [-0.2, -0.15) is 0 Å². The van der Waals surface area contributed by atoms with E-state index in [1.165, 1.54) is 18.9 Å². The average molecular weight is 341 g/mol. The summed E-state index contributed by atoms with van der Waals surface area (Å²) in [6, 6.07) is -0.799. The van der Waals surface area contributed by atoms with Crippen LogP contribution in [-0.2, 0) is 23.8 Å². The standard InChI is InChI=1S/C17H27NO6/c1-11(19)23-14-17(8-6-7-9-17)10-12(13(20)22-5)18(14)15(21)24-16(2,3)4/h12,14H,6-10H2,1-5H3/t12-,14?/m0/s1. The van der Waals surface area contributed by atoms with Gasteiger partial charge < -0.3 is 14.2 Å². The van der Waals surface area contributed by atoms with Gasteiger partial charge in [0.05, 0.1) is 7.11 Å². The summed E-state index contributed by atoms with van der Waals surface area (Å²) in [6.45, 7) is 6.56. The highest BCUT2D eigenvalue weighted by Crippen LogP contribution is 2.53. The lowest BCUT2D eigenvalue weighted by Gasteiger charge is -2.35. The molecule has 0 aromatic rings. The molecule has 136 valence electrons. The second kappa shape index (κ2) is 6.61. The Morgan fingerprint density at radius 3 is 2.17 bits per heavy atom. The lowest BCUT2D eigenvalue weighted by molar-refractivity contribution is -0.166. The minimum absolute atomic E-state index is 0.401. The maximum Gasteiger partial charge on any atom is 0.413 e. The molecule has 0 N–H and O–H groups in total. The van der Waals surface area contributed by atoms with Crippen LogP contribution in [0.15, 0.2) is 0 Å². The van der Waals surface area contributed by atoms with Crippen LogP contribution < -0.4 is 0 Å². The number of carbonyl (C=O) groups is 3. The second-order valence-corrected chi connectivity index (χ2v) is 7.66. The minimum Gasteiger partial charge on any atom is -0.467 e. The Morgan fingerprint density at radius 2 is 1.71 bits per heavy atom. The number of esters is 2. The molecule has 1 saturated carbocycles. The lowest BCUT2D eigenvalue weighted by atomic mass is 9.82. The molecule has 1 saturated heterocycles. The molecule has 1 aliphatic heterocycles. The predicted molar refractivity (Wildman–Crippen MR) is 84.9 cm³/mol. The average Bonchev–Trinajstić information content (AvgIpc) is 3.03. The number of hydrogen-bond acceptors (Lipinski definition) is 6. The largest absolute Gasteiger partial charge is 0.467 e. The second-order valence-electron chi connectivity index (χ2n) is 7.66. The van der Waals surface area contributed by atoms with E-state index in [2.05, 4.69) is 0 Å². The van der Waals surface area contributed by atoms with E-state index in [4.69, 9.17) is 14.2 Å². The van der Waals surface area contributed by atoms with Crippen LogP contribution in [0.5, 0.6) is 0 Å². The Balaban J connectivity index is 2.39. The van der Waals surface area contributed by atoms with Crippen LogP contribution in [0, 0.1) is 5.41 Å². The van der Waals surface area contributed by atoms with Crippen LogP contribution >= 0.6 is 0 Å². The maximum atomic E-state index is 12.7. The molecule has 1 heterocycles. The van der Waals surface area contributed by atoms with Crippen molar-refractivity contribution in [2.45, 2.75) is 77.7 Å². The molecule has 24 heavy (non-hydrogen) atoms. The number of carbonyl (C=O) groups excluding carboxylic acids is 3. The number of methoxy groups -OCH3 is 1. The van der Waals surface area contributed by atoms with Gasteiger partial charge in [-0.1, -0.05) is 12.8 Å². The summed E-state index contributed by atoms with van der Waals surface area (Å²) in [5.41, 5.74) is -1.12. The molecule has 2 rings (SSSR count). The molecular formula is C17H27NO6. The molecule has 7 nitrogen and oxygen atoms in total. The van der Waals surface area contributed by atoms with Gasteiger partial charge in [-0.3, -0.25) is 9.69 Å². The maximum absolute atomic E-state index is 12.7. The van der Waals surface area contributed by atoms with Crippen molar-refractivity contribution in [1.82, 2.24) is 4.90 Å². The highest BCUT2D eigenvalue weighted by Gasteiger charge is 2.60. The summed E-state index contributed by atoms with van der Waals surface area (Å²) in [5, 5.41) is 0. The van der Waals surface area contributed by atoms with E-state index in [0.29, 0.717) is 6.42 Å². The molecule has 0 aromatic carbocycles. The number of rotatable bonds is 2. The number of likely N-dealkylation sites (tertiary alicyclic amines) is 1. The Labute approximate surface area is 142 Å². The Bertz CT molecular complexity index is 518. The first-order chi connectivity index (χ1) is 11.1. The van der Waals surface area contributed by atoms with Gasteiger partial charge in [0.25, 0.3) is 0 Å². The van der Waals surface area contributed by atoms with Crippen molar-refractivity contribution in [3.8, 4) is 0 Å². The first-order valence-corrected chi connectivity index (χ1v) is 8.36. The summed E-state index contributed by atoms with van der Waals surface area (Å²) >= 11 is 0. The van der Waals surface area contributed by atoms with Crippen molar-refractivity contribution in [3.05, 3.63) is 0 Å². The highest BCUT2D eigenvalue weighted by molar-refractivity contribution is 5.83. The summed E-state index contributed by atoms with van der Waals surface area (Å²) in [7, 11) is 1.29. The van der Waals surface area contributed by atoms with Gasteiger partial charge in [-0.15, -0.1) is 0 Å². The van der Waals surface area contributed by atoms with E-state index in [0.717, 1.165) is 25.7 Å². The van der Waals surface area contributed by atoms with Crippen molar-refractivity contribution in [2.24, 2.45) is 5.41 Å². The van der Waals surface area contributed by atoms with E-state index in [1.54, 1.807) is 20.8 Å². The first kappa shape index (κ1) is 18.5. The fourth-order valence-corrected chi connectivity index (χ4v) is 3.78. The smallest absolute Gasteiger partial charge is 0.413 e. The fourth-order valence-electron chi connectivity index (χ4n) is 3.78. The highest BCUT2D eigenvalue weighted by atomic mass is 16.6. The van der Waals surface area contributed by atoms with E-state index in [-0.39, 0.29) is 0 Å². The van der Waals surface area contributed by atoms with Crippen LogP contribution in [0.4, 0.5) is 4.79 Å². The number of nitrogens with zero attached hydrogens (tertiary/aromatic N) is 1. The SMILES string of the molecule is COC(=O)[C@@H]1CC2(CCCC2)C(OC(C)=O)N1C(=O)OC(C)(C)C. The number of amides is 1. The summed E-state index contributed by atoms with van der Waals surface area (Å²) < 4.78 is 15.8.